The molecule has 2 unspecified atom stereocenters. The average Bonchev–Trinajstić information content (AvgIpc) is 2.43. The van der Waals surface area contributed by atoms with E-state index < -0.39 is 0 Å². The van der Waals surface area contributed by atoms with Crippen molar-refractivity contribution < 1.29 is 4.79 Å². The second-order valence-electron chi connectivity index (χ2n) is 6.00. The lowest BCUT2D eigenvalue weighted by atomic mass is 9.96. The van der Waals surface area contributed by atoms with Crippen LogP contribution in [0.5, 0.6) is 0 Å². The monoisotopic (exact) mass is 276 g/mol. The van der Waals surface area contributed by atoms with Gasteiger partial charge in [0.05, 0.1) is 5.92 Å². The lowest BCUT2D eigenvalue weighted by Gasteiger charge is -2.20. The Labute approximate surface area is 122 Å². The van der Waals surface area contributed by atoms with Gasteiger partial charge in [-0.25, -0.2) is 0 Å². The van der Waals surface area contributed by atoms with Crippen LogP contribution in [0.15, 0.2) is 30.3 Å². The molecule has 0 saturated carbocycles. The Morgan fingerprint density at radius 1 is 1.20 bits per heavy atom. The van der Waals surface area contributed by atoms with E-state index in [0.29, 0.717) is 12.5 Å². The van der Waals surface area contributed by atoms with Crippen molar-refractivity contribution >= 4 is 5.91 Å². The molecular weight excluding hydrogens is 248 g/mol. The SMILES string of the molecule is CC(C)CC(CN)C(=O)NC(C)CCc1ccccc1. The Hall–Kier alpha value is -1.35. The Bertz CT molecular complexity index is 389. The molecule has 0 heterocycles. The molecule has 2 atom stereocenters. The summed E-state index contributed by atoms with van der Waals surface area (Å²) in [6, 6.07) is 10.5. The van der Waals surface area contributed by atoms with Crippen LogP contribution < -0.4 is 11.1 Å². The maximum absolute atomic E-state index is 12.1. The van der Waals surface area contributed by atoms with E-state index >= 15 is 0 Å². The first-order chi connectivity index (χ1) is 9.52. The second kappa shape index (κ2) is 8.75. The molecule has 0 spiro atoms. The van der Waals surface area contributed by atoms with Crippen molar-refractivity contribution in [3.05, 3.63) is 35.9 Å². The Balaban J connectivity index is 2.37. The van der Waals surface area contributed by atoms with Gasteiger partial charge in [0.1, 0.15) is 0 Å². The highest BCUT2D eigenvalue weighted by molar-refractivity contribution is 5.79. The van der Waals surface area contributed by atoms with Crippen molar-refractivity contribution in [3.8, 4) is 0 Å². The number of amides is 1. The maximum atomic E-state index is 12.1. The molecule has 1 aromatic rings. The number of carbonyl (C=O) groups excluding carboxylic acids is 1. The summed E-state index contributed by atoms with van der Waals surface area (Å²) in [4.78, 5) is 12.1. The number of benzene rings is 1. The quantitative estimate of drug-likeness (QED) is 0.767. The van der Waals surface area contributed by atoms with Gasteiger partial charge in [0.2, 0.25) is 5.91 Å². The van der Waals surface area contributed by atoms with Crippen molar-refractivity contribution in [1.29, 1.82) is 0 Å². The van der Waals surface area contributed by atoms with Gasteiger partial charge in [0.15, 0.2) is 0 Å². The number of rotatable bonds is 8. The number of aryl methyl sites for hydroxylation is 1. The van der Waals surface area contributed by atoms with Crippen LogP contribution in [-0.4, -0.2) is 18.5 Å². The predicted molar refractivity (Wildman–Crippen MR) is 84.4 cm³/mol. The highest BCUT2D eigenvalue weighted by atomic mass is 16.1. The van der Waals surface area contributed by atoms with Gasteiger partial charge >= 0.3 is 0 Å². The number of nitrogens with one attached hydrogen (secondary N) is 1. The van der Waals surface area contributed by atoms with Gasteiger partial charge in [-0.2, -0.15) is 0 Å². The first kappa shape index (κ1) is 16.7. The third kappa shape index (κ3) is 6.20. The van der Waals surface area contributed by atoms with Crippen LogP contribution >= 0.6 is 0 Å². The smallest absolute Gasteiger partial charge is 0.224 e. The van der Waals surface area contributed by atoms with Gasteiger partial charge in [0.25, 0.3) is 0 Å². The number of carbonyl (C=O) groups is 1. The summed E-state index contributed by atoms with van der Waals surface area (Å²) in [7, 11) is 0. The number of nitrogens with two attached hydrogens (primary N) is 1. The third-order valence-corrected chi connectivity index (χ3v) is 3.51. The highest BCUT2D eigenvalue weighted by Gasteiger charge is 2.19. The summed E-state index contributed by atoms with van der Waals surface area (Å²) in [6.07, 6.45) is 2.79. The summed E-state index contributed by atoms with van der Waals surface area (Å²) in [5.74, 6) is 0.532. The summed E-state index contributed by atoms with van der Waals surface area (Å²) in [6.45, 7) is 6.72. The maximum Gasteiger partial charge on any atom is 0.224 e. The van der Waals surface area contributed by atoms with Crippen molar-refractivity contribution in [2.45, 2.75) is 46.1 Å². The van der Waals surface area contributed by atoms with E-state index in [1.165, 1.54) is 5.56 Å². The highest BCUT2D eigenvalue weighted by Crippen LogP contribution is 2.11. The zero-order valence-corrected chi connectivity index (χ0v) is 12.9. The zero-order chi connectivity index (χ0) is 15.0. The largest absolute Gasteiger partial charge is 0.353 e. The van der Waals surface area contributed by atoms with Gasteiger partial charge < -0.3 is 11.1 Å². The number of hydrogen-bond donors (Lipinski definition) is 2. The molecule has 0 aliphatic rings. The molecule has 0 saturated heterocycles. The molecule has 20 heavy (non-hydrogen) atoms. The lowest BCUT2D eigenvalue weighted by molar-refractivity contribution is -0.125. The standard InChI is InChI=1S/C17H28N2O/c1-13(2)11-16(12-18)17(20)19-14(3)9-10-15-7-5-4-6-8-15/h4-8,13-14,16H,9-12,18H2,1-3H3,(H,19,20). The molecule has 112 valence electrons. The molecule has 3 heteroatoms. The molecule has 3 N–H and O–H groups in total. The van der Waals surface area contributed by atoms with E-state index in [1.54, 1.807) is 0 Å². The minimum atomic E-state index is -0.0609. The fourth-order valence-corrected chi connectivity index (χ4v) is 2.34. The van der Waals surface area contributed by atoms with Crippen molar-refractivity contribution in [2.24, 2.45) is 17.6 Å². The van der Waals surface area contributed by atoms with Crippen molar-refractivity contribution in [1.82, 2.24) is 5.32 Å². The molecule has 0 aliphatic heterocycles. The molecule has 3 nitrogen and oxygen atoms in total. The van der Waals surface area contributed by atoms with Crippen LogP contribution in [0.1, 0.15) is 39.2 Å². The first-order valence-corrected chi connectivity index (χ1v) is 7.57. The first-order valence-electron chi connectivity index (χ1n) is 7.57. The van der Waals surface area contributed by atoms with E-state index in [0.717, 1.165) is 19.3 Å². The van der Waals surface area contributed by atoms with Crippen molar-refractivity contribution in [3.63, 3.8) is 0 Å². The zero-order valence-electron chi connectivity index (χ0n) is 12.9. The van der Waals surface area contributed by atoms with Gasteiger partial charge in [-0.15, -0.1) is 0 Å². The fourth-order valence-electron chi connectivity index (χ4n) is 2.34. The fraction of sp³-hybridized carbons (Fsp3) is 0.588. The molecule has 1 amide bonds. The molecule has 0 aromatic heterocycles. The van der Waals surface area contributed by atoms with Gasteiger partial charge in [-0.3, -0.25) is 4.79 Å². The average molecular weight is 276 g/mol. The molecular formula is C17H28N2O. The molecule has 1 rings (SSSR count). The van der Waals surface area contributed by atoms with Crippen LogP contribution in [0.25, 0.3) is 0 Å². The second-order valence-corrected chi connectivity index (χ2v) is 6.00. The Kier molecular flexibility index (Phi) is 7.31. The number of hydrogen-bond acceptors (Lipinski definition) is 2. The van der Waals surface area contributed by atoms with Gasteiger partial charge in [-0.1, -0.05) is 44.2 Å². The third-order valence-electron chi connectivity index (χ3n) is 3.51. The topological polar surface area (TPSA) is 55.1 Å². The molecule has 0 radical (unpaired) electrons. The van der Waals surface area contributed by atoms with Crippen LogP contribution in [-0.2, 0) is 11.2 Å². The van der Waals surface area contributed by atoms with E-state index in [1.807, 2.05) is 18.2 Å². The molecule has 0 aliphatic carbocycles. The Morgan fingerprint density at radius 2 is 1.85 bits per heavy atom. The van der Waals surface area contributed by atoms with E-state index in [4.69, 9.17) is 5.73 Å². The van der Waals surface area contributed by atoms with E-state index in [-0.39, 0.29) is 17.9 Å². The normalized spacial score (nSPS) is 14.1. The summed E-state index contributed by atoms with van der Waals surface area (Å²) in [5.41, 5.74) is 7.01. The summed E-state index contributed by atoms with van der Waals surface area (Å²) >= 11 is 0. The van der Waals surface area contributed by atoms with E-state index in [2.05, 4.69) is 38.2 Å². The molecule has 0 bridgehead atoms. The summed E-state index contributed by atoms with van der Waals surface area (Å²) in [5, 5.41) is 3.09. The molecule has 1 aromatic carbocycles. The van der Waals surface area contributed by atoms with Crippen LogP contribution in [0.2, 0.25) is 0 Å². The predicted octanol–water partition coefficient (Wildman–Crippen LogP) is 2.74. The Morgan fingerprint density at radius 3 is 2.40 bits per heavy atom. The minimum Gasteiger partial charge on any atom is -0.353 e. The van der Waals surface area contributed by atoms with E-state index in [9.17, 15) is 4.79 Å². The lowest BCUT2D eigenvalue weighted by Crippen LogP contribution is -2.40. The van der Waals surface area contributed by atoms with Crippen LogP contribution in [0, 0.1) is 11.8 Å². The van der Waals surface area contributed by atoms with Gasteiger partial charge in [0, 0.05) is 12.6 Å². The molecule has 0 fully saturated rings. The van der Waals surface area contributed by atoms with Gasteiger partial charge in [-0.05, 0) is 37.7 Å². The van der Waals surface area contributed by atoms with Crippen molar-refractivity contribution in [2.75, 3.05) is 6.54 Å². The summed E-state index contributed by atoms with van der Waals surface area (Å²) < 4.78 is 0. The minimum absolute atomic E-state index is 0.0609. The van der Waals surface area contributed by atoms with Crippen LogP contribution in [0.4, 0.5) is 0 Å². The van der Waals surface area contributed by atoms with Crippen LogP contribution in [0.3, 0.4) is 0 Å².